The maximum Gasteiger partial charge on any atom is 0.161 e. The van der Waals surface area contributed by atoms with Crippen molar-refractivity contribution in [2.75, 3.05) is 13.7 Å². The molecule has 0 amide bonds. The van der Waals surface area contributed by atoms with Gasteiger partial charge in [-0.15, -0.1) is 0 Å². The van der Waals surface area contributed by atoms with Gasteiger partial charge in [-0.1, -0.05) is 19.4 Å². The van der Waals surface area contributed by atoms with Gasteiger partial charge in [-0.25, -0.2) is 0 Å². The minimum atomic E-state index is 0.323. The summed E-state index contributed by atoms with van der Waals surface area (Å²) in [6, 6.07) is 4.41. The molecule has 0 radical (unpaired) electrons. The normalized spacial score (nSPS) is 19.8. The van der Waals surface area contributed by atoms with Crippen molar-refractivity contribution in [1.29, 1.82) is 0 Å². The number of piperidine rings is 1. The number of hydrogen-bond donors (Lipinski definition) is 2. The van der Waals surface area contributed by atoms with E-state index in [0.29, 0.717) is 17.5 Å². The van der Waals surface area contributed by atoms with Crippen molar-refractivity contribution in [3.63, 3.8) is 0 Å². The maximum absolute atomic E-state index is 10.3. The lowest BCUT2D eigenvalue weighted by molar-refractivity contribution is 0.361. The van der Waals surface area contributed by atoms with E-state index < -0.39 is 0 Å². The van der Waals surface area contributed by atoms with Gasteiger partial charge in [0.1, 0.15) is 0 Å². The molecule has 0 aromatic heterocycles. The van der Waals surface area contributed by atoms with Crippen molar-refractivity contribution in [1.82, 2.24) is 5.32 Å². The molecule has 1 aliphatic heterocycles. The van der Waals surface area contributed by atoms with E-state index in [1.54, 1.807) is 7.11 Å². The monoisotopic (exact) mass is 249 g/mol. The summed E-state index contributed by atoms with van der Waals surface area (Å²) < 4.78 is 5.20. The van der Waals surface area contributed by atoms with Gasteiger partial charge in [0.15, 0.2) is 11.5 Å². The van der Waals surface area contributed by atoms with Gasteiger partial charge in [0.25, 0.3) is 0 Å². The Hall–Kier alpha value is -1.22. The van der Waals surface area contributed by atoms with E-state index in [0.717, 1.165) is 24.9 Å². The minimum Gasteiger partial charge on any atom is -0.504 e. The van der Waals surface area contributed by atoms with Crippen molar-refractivity contribution in [3.8, 4) is 11.5 Å². The zero-order chi connectivity index (χ0) is 13.0. The van der Waals surface area contributed by atoms with Gasteiger partial charge in [-0.3, -0.25) is 0 Å². The van der Waals surface area contributed by atoms with Crippen LogP contribution in [0.3, 0.4) is 0 Å². The molecule has 2 rings (SSSR count). The number of phenols is 1. The molecule has 18 heavy (non-hydrogen) atoms. The van der Waals surface area contributed by atoms with Gasteiger partial charge in [0.2, 0.25) is 0 Å². The molecule has 1 fully saturated rings. The number of rotatable bonds is 4. The van der Waals surface area contributed by atoms with E-state index in [4.69, 9.17) is 4.74 Å². The average molecular weight is 249 g/mol. The number of phenolic OH excluding ortho intramolecular Hbond substituents is 1. The number of hydrogen-bond acceptors (Lipinski definition) is 3. The van der Waals surface area contributed by atoms with E-state index in [-0.39, 0.29) is 0 Å². The summed E-state index contributed by atoms with van der Waals surface area (Å²) in [5, 5.41) is 13.8. The summed E-state index contributed by atoms with van der Waals surface area (Å²) in [6.45, 7) is 3.22. The Morgan fingerprint density at radius 1 is 1.39 bits per heavy atom. The molecule has 1 saturated heterocycles. The van der Waals surface area contributed by atoms with Crippen molar-refractivity contribution in [3.05, 3.63) is 23.3 Å². The third kappa shape index (κ3) is 2.78. The second-order valence-electron chi connectivity index (χ2n) is 4.96. The molecule has 0 bridgehead atoms. The molecule has 2 N–H and O–H groups in total. The molecule has 1 atom stereocenters. The molecule has 3 heteroatoms. The Labute approximate surface area is 109 Å². The Bertz CT molecular complexity index is 398. The van der Waals surface area contributed by atoms with E-state index in [1.807, 2.05) is 6.07 Å². The number of ether oxygens (including phenoxy) is 1. The van der Waals surface area contributed by atoms with Crippen LogP contribution >= 0.6 is 0 Å². The molecular formula is C15H23NO2. The molecule has 1 aliphatic rings. The summed E-state index contributed by atoms with van der Waals surface area (Å²) in [7, 11) is 1.60. The summed E-state index contributed by atoms with van der Waals surface area (Å²) >= 11 is 0. The second-order valence-corrected chi connectivity index (χ2v) is 4.96. The van der Waals surface area contributed by atoms with Crippen LogP contribution in [0, 0.1) is 0 Å². The molecule has 1 aromatic carbocycles. The smallest absolute Gasteiger partial charge is 0.161 e. The SMILES string of the molecule is CCc1ccc(OC)c(O)c1CC1CCCCN1. The largest absolute Gasteiger partial charge is 0.504 e. The Balaban J connectivity index is 2.23. The number of nitrogens with one attached hydrogen (secondary N) is 1. The standard InChI is InChI=1S/C15H23NO2/c1-3-11-7-8-14(18-2)15(17)13(11)10-12-6-4-5-9-16-12/h7-8,12,16-17H,3-6,9-10H2,1-2H3. The van der Waals surface area contributed by atoms with E-state index in [9.17, 15) is 5.11 Å². The highest BCUT2D eigenvalue weighted by Gasteiger charge is 2.18. The summed E-state index contributed by atoms with van der Waals surface area (Å²) in [5.41, 5.74) is 2.27. The van der Waals surface area contributed by atoms with Gasteiger partial charge >= 0.3 is 0 Å². The fraction of sp³-hybridized carbons (Fsp3) is 0.600. The third-order valence-electron chi connectivity index (χ3n) is 3.81. The first kappa shape index (κ1) is 13.2. The fourth-order valence-electron chi connectivity index (χ4n) is 2.72. The van der Waals surface area contributed by atoms with Crippen LogP contribution in [-0.4, -0.2) is 24.8 Å². The number of aromatic hydroxyl groups is 1. The van der Waals surface area contributed by atoms with Gasteiger partial charge in [-0.05, 0) is 43.9 Å². The van der Waals surface area contributed by atoms with Crippen LogP contribution in [-0.2, 0) is 12.8 Å². The van der Waals surface area contributed by atoms with Crippen LogP contribution in [0.5, 0.6) is 11.5 Å². The third-order valence-corrected chi connectivity index (χ3v) is 3.81. The van der Waals surface area contributed by atoms with Gasteiger partial charge in [0.05, 0.1) is 7.11 Å². The highest BCUT2D eigenvalue weighted by Crippen LogP contribution is 2.34. The van der Waals surface area contributed by atoms with Crippen molar-refractivity contribution in [2.24, 2.45) is 0 Å². The van der Waals surface area contributed by atoms with Gasteiger partial charge in [-0.2, -0.15) is 0 Å². The fourth-order valence-corrected chi connectivity index (χ4v) is 2.72. The predicted molar refractivity (Wildman–Crippen MR) is 73.4 cm³/mol. The van der Waals surface area contributed by atoms with Crippen molar-refractivity contribution in [2.45, 2.75) is 45.1 Å². The highest BCUT2D eigenvalue weighted by molar-refractivity contribution is 5.50. The van der Waals surface area contributed by atoms with Crippen molar-refractivity contribution >= 4 is 0 Å². The first-order valence-corrected chi connectivity index (χ1v) is 6.87. The van der Waals surface area contributed by atoms with E-state index >= 15 is 0 Å². The highest BCUT2D eigenvalue weighted by atomic mass is 16.5. The van der Waals surface area contributed by atoms with Crippen LogP contribution in [0.1, 0.15) is 37.3 Å². The number of aryl methyl sites for hydroxylation is 1. The molecular weight excluding hydrogens is 226 g/mol. The van der Waals surface area contributed by atoms with Crippen LogP contribution in [0.2, 0.25) is 0 Å². The minimum absolute atomic E-state index is 0.323. The zero-order valence-electron chi connectivity index (χ0n) is 11.3. The van der Waals surface area contributed by atoms with Crippen LogP contribution in [0.4, 0.5) is 0 Å². The zero-order valence-corrected chi connectivity index (χ0v) is 11.3. The molecule has 1 unspecified atom stereocenters. The summed E-state index contributed by atoms with van der Waals surface area (Å²) in [6.07, 6.45) is 5.58. The van der Waals surface area contributed by atoms with Crippen LogP contribution < -0.4 is 10.1 Å². The van der Waals surface area contributed by atoms with Crippen molar-refractivity contribution < 1.29 is 9.84 Å². The molecule has 100 valence electrons. The molecule has 0 saturated carbocycles. The quantitative estimate of drug-likeness (QED) is 0.862. The maximum atomic E-state index is 10.3. The lowest BCUT2D eigenvalue weighted by atomic mass is 9.93. The van der Waals surface area contributed by atoms with Gasteiger partial charge < -0.3 is 15.2 Å². The van der Waals surface area contributed by atoms with Crippen LogP contribution in [0.25, 0.3) is 0 Å². The first-order chi connectivity index (χ1) is 8.76. The number of methoxy groups -OCH3 is 1. The lowest BCUT2D eigenvalue weighted by Gasteiger charge is -2.25. The topological polar surface area (TPSA) is 41.5 Å². The molecule has 1 aromatic rings. The predicted octanol–water partition coefficient (Wildman–Crippen LogP) is 2.65. The number of benzene rings is 1. The summed E-state index contributed by atoms with van der Waals surface area (Å²) in [4.78, 5) is 0. The molecule has 3 nitrogen and oxygen atoms in total. The molecule has 1 heterocycles. The Morgan fingerprint density at radius 2 is 2.22 bits per heavy atom. The second kappa shape index (κ2) is 6.10. The first-order valence-electron chi connectivity index (χ1n) is 6.87. The Morgan fingerprint density at radius 3 is 2.83 bits per heavy atom. The van der Waals surface area contributed by atoms with E-state index in [1.165, 1.54) is 24.8 Å². The summed E-state index contributed by atoms with van der Waals surface area (Å²) in [5.74, 6) is 0.905. The van der Waals surface area contributed by atoms with Gasteiger partial charge in [0, 0.05) is 11.6 Å². The van der Waals surface area contributed by atoms with E-state index in [2.05, 4.69) is 18.3 Å². The molecule has 0 aliphatic carbocycles. The lowest BCUT2D eigenvalue weighted by Crippen LogP contribution is -2.35. The van der Waals surface area contributed by atoms with Crippen LogP contribution in [0.15, 0.2) is 12.1 Å². The molecule has 0 spiro atoms. The average Bonchev–Trinajstić information content (AvgIpc) is 2.42. The Kier molecular flexibility index (Phi) is 4.48.